The Balaban J connectivity index is 2.18. The average molecular weight is 275 g/mol. The van der Waals surface area contributed by atoms with Gasteiger partial charge in [0.1, 0.15) is 0 Å². The zero-order valence-corrected chi connectivity index (χ0v) is 13.9. The molecule has 0 saturated heterocycles. The van der Waals surface area contributed by atoms with E-state index in [0.717, 1.165) is 6.54 Å². The number of rotatable bonds is 10. The van der Waals surface area contributed by atoms with Crippen LogP contribution in [-0.2, 0) is 6.54 Å². The van der Waals surface area contributed by atoms with Crippen LogP contribution in [0.1, 0.15) is 83.3 Å². The van der Waals surface area contributed by atoms with Crippen molar-refractivity contribution in [2.45, 2.75) is 84.7 Å². The van der Waals surface area contributed by atoms with Crippen LogP contribution in [0.4, 0.5) is 0 Å². The van der Waals surface area contributed by atoms with Crippen LogP contribution in [0.25, 0.3) is 0 Å². The number of hydrogen-bond donors (Lipinski definition) is 1. The molecule has 114 valence electrons. The summed E-state index contributed by atoms with van der Waals surface area (Å²) < 4.78 is 0. The quantitative estimate of drug-likeness (QED) is 0.544. The second kappa shape index (κ2) is 9.99. The van der Waals surface area contributed by atoms with Crippen molar-refractivity contribution in [2.75, 3.05) is 0 Å². The fraction of sp³-hybridized carbons (Fsp3) is 0.684. The molecule has 0 aliphatic rings. The predicted octanol–water partition coefficient (Wildman–Crippen LogP) is 5.65. The van der Waals surface area contributed by atoms with E-state index < -0.39 is 0 Å². The van der Waals surface area contributed by atoms with Gasteiger partial charge in [0.15, 0.2) is 0 Å². The summed E-state index contributed by atoms with van der Waals surface area (Å²) in [6.45, 7) is 10.1. The molecule has 1 aromatic rings. The third-order valence-corrected chi connectivity index (χ3v) is 4.04. The Bertz CT molecular complexity index is 339. The van der Waals surface area contributed by atoms with E-state index in [-0.39, 0.29) is 0 Å². The zero-order chi connectivity index (χ0) is 14.8. The normalized spacial score (nSPS) is 12.8. The van der Waals surface area contributed by atoms with E-state index in [4.69, 9.17) is 0 Å². The van der Waals surface area contributed by atoms with Crippen LogP contribution in [0.5, 0.6) is 0 Å². The lowest BCUT2D eigenvalue weighted by atomic mass is 10.0. The first-order chi connectivity index (χ1) is 9.63. The highest BCUT2D eigenvalue weighted by Gasteiger charge is 2.02. The Morgan fingerprint density at radius 3 is 2.15 bits per heavy atom. The third-order valence-electron chi connectivity index (χ3n) is 4.04. The molecule has 1 atom stereocenters. The van der Waals surface area contributed by atoms with Crippen LogP contribution in [0.3, 0.4) is 0 Å². The molecule has 1 unspecified atom stereocenters. The standard InChI is InChI=1S/C19H33N/c1-5-6-7-8-9-10-17(4)20-15-18-11-13-19(14-12-18)16(2)3/h11-14,16-17,20H,5-10,15H2,1-4H3. The summed E-state index contributed by atoms with van der Waals surface area (Å²) in [7, 11) is 0. The first kappa shape index (κ1) is 17.2. The first-order valence-electron chi connectivity index (χ1n) is 8.45. The number of nitrogens with one attached hydrogen (secondary N) is 1. The molecule has 0 amide bonds. The molecular weight excluding hydrogens is 242 g/mol. The van der Waals surface area contributed by atoms with Gasteiger partial charge in [-0.15, -0.1) is 0 Å². The molecule has 1 N–H and O–H groups in total. The van der Waals surface area contributed by atoms with E-state index in [9.17, 15) is 0 Å². The highest BCUT2D eigenvalue weighted by molar-refractivity contribution is 5.24. The molecule has 1 aromatic carbocycles. The van der Waals surface area contributed by atoms with Gasteiger partial charge in [-0.05, 0) is 30.4 Å². The van der Waals surface area contributed by atoms with E-state index in [2.05, 4.69) is 57.3 Å². The molecule has 1 nitrogen and oxygen atoms in total. The highest BCUT2D eigenvalue weighted by Crippen LogP contribution is 2.15. The lowest BCUT2D eigenvalue weighted by Crippen LogP contribution is -2.25. The van der Waals surface area contributed by atoms with Gasteiger partial charge in [-0.3, -0.25) is 0 Å². The van der Waals surface area contributed by atoms with Crippen molar-refractivity contribution in [3.05, 3.63) is 35.4 Å². The fourth-order valence-electron chi connectivity index (χ4n) is 2.47. The van der Waals surface area contributed by atoms with Crippen molar-refractivity contribution in [3.63, 3.8) is 0 Å². The summed E-state index contributed by atoms with van der Waals surface area (Å²) in [5.74, 6) is 0.624. The van der Waals surface area contributed by atoms with Crippen LogP contribution in [0, 0.1) is 0 Å². The van der Waals surface area contributed by atoms with Crippen molar-refractivity contribution < 1.29 is 0 Å². The molecule has 1 rings (SSSR count). The van der Waals surface area contributed by atoms with Gasteiger partial charge in [0.2, 0.25) is 0 Å². The summed E-state index contributed by atoms with van der Waals surface area (Å²) in [4.78, 5) is 0. The molecule has 0 aliphatic heterocycles. The summed E-state index contributed by atoms with van der Waals surface area (Å²) in [5, 5.41) is 3.64. The van der Waals surface area contributed by atoms with Crippen molar-refractivity contribution >= 4 is 0 Å². The second-order valence-corrected chi connectivity index (χ2v) is 6.38. The molecule has 0 aromatic heterocycles. The van der Waals surface area contributed by atoms with Crippen LogP contribution >= 0.6 is 0 Å². The van der Waals surface area contributed by atoms with Gasteiger partial charge in [0, 0.05) is 12.6 Å². The molecule has 1 heteroatoms. The van der Waals surface area contributed by atoms with Crippen LogP contribution in [0.15, 0.2) is 24.3 Å². The SMILES string of the molecule is CCCCCCCC(C)NCc1ccc(C(C)C)cc1. The van der Waals surface area contributed by atoms with Crippen molar-refractivity contribution in [2.24, 2.45) is 0 Å². The number of unbranched alkanes of at least 4 members (excludes halogenated alkanes) is 4. The molecule has 0 fully saturated rings. The van der Waals surface area contributed by atoms with E-state index >= 15 is 0 Å². The Hall–Kier alpha value is -0.820. The van der Waals surface area contributed by atoms with Gasteiger partial charge >= 0.3 is 0 Å². The molecule has 20 heavy (non-hydrogen) atoms. The minimum atomic E-state index is 0.624. The molecule has 0 saturated carbocycles. The van der Waals surface area contributed by atoms with Gasteiger partial charge in [-0.2, -0.15) is 0 Å². The van der Waals surface area contributed by atoms with Gasteiger partial charge in [0.05, 0.1) is 0 Å². The maximum absolute atomic E-state index is 3.64. The molecule has 0 radical (unpaired) electrons. The second-order valence-electron chi connectivity index (χ2n) is 6.38. The van der Waals surface area contributed by atoms with E-state index in [0.29, 0.717) is 12.0 Å². The Morgan fingerprint density at radius 2 is 1.55 bits per heavy atom. The maximum atomic E-state index is 3.64. The zero-order valence-electron chi connectivity index (χ0n) is 13.9. The summed E-state index contributed by atoms with van der Waals surface area (Å²) in [6, 6.07) is 9.67. The van der Waals surface area contributed by atoms with Crippen LogP contribution < -0.4 is 5.32 Å². The average Bonchev–Trinajstić information content (AvgIpc) is 2.45. The van der Waals surface area contributed by atoms with E-state index in [1.165, 1.54) is 49.7 Å². The van der Waals surface area contributed by atoms with Crippen molar-refractivity contribution in [3.8, 4) is 0 Å². The lowest BCUT2D eigenvalue weighted by Gasteiger charge is -2.14. The Labute approximate surface area is 126 Å². The van der Waals surface area contributed by atoms with E-state index in [1.807, 2.05) is 0 Å². The van der Waals surface area contributed by atoms with Crippen molar-refractivity contribution in [1.29, 1.82) is 0 Å². The topological polar surface area (TPSA) is 12.0 Å². The summed E-state index contributed by atoms with van der Waals surface area (Å²) >= 11 is 0. The van der Waals surface area contributed by atoms with Gasteiger partial charge in [-0.25, -0.2) is 0 Å². The number of hydrogen-bond acceptors (Lipinski definition) is 1. The summed E-state index contributed by atoms with van der Waals surface area (Å²) in [6.07, 6.45) is 8.18. The van der Waals surface area contributed by atoms with Crippen molar-refractivity contribution in [1.82, 2.24) is 5.32 Å². The number of benzene rings is 1. The van der Waals surface area contributed by atoms with Crippen LogP contribution in [0.2, 0.25) is 0 Å². The molecular formula is C19H33N. The predicted molar refractivity (Wildman–Crippen MR) is 90.2 cm³/mol. The summed E-state index contributed by atoms with van der Waals surface area (Å²) in [5.41, 5.74) is 2.82. The van der Waals surface area contributed by atoms with Gasteiger partial charge < -0.3 is 5.32 Å². The largest absolute Gasteiger partial charge is 0.310 e. The van der Waals surface area contributed by atoms with Gasteiger partial charge in [-0.1, -0.05) is 77.1 Å². The smallest absolute Gasteiger partial charge is 0.0207 e. The highest BCUT2D eigenvalue weighted by atomic mass is 14.9. The lowest BCUT2D eigenvalue weighted by molar-refractivity contribution is 0.480. The Kier molecular flexibility index (Phi) is 8.60. The van der Waals surface area contributed by atoms with Crippen LogP contribution in [-0.4, -0.2) is 6.04 Å². The molecule has 0 heterocycles. The molecule has 0 aliphatic carbocycles. The molecule has 0 bridgehead atoms. The Morgan fingerprint density at radius 1 is 0.900 bits per heavy atom. The minimum Gasteiger partial charge on any atom is -0.310 e. The maximum Gasteiger partial charge on any atom is 0.0207 e. The third kappa shape index (κ3) is 7.09. The minimum absolute atomic E-state index is 0.624. The monoisotopic (exact) mass is 275 g/mol. The first-order valence-corrected chi connectivity index (χ1v) is 8.45. The van der Waals surface area contributed by atoms with Gasteiger partial charge in [0.25, 0.3) is 0 Å². The fourth-order valence-corrected chi connectivity index (χ4v) is 2.47. The van der Waals surface area contributed by atoms with E-state index in [1.54, 1.807) is 0 Å². The molecule has 0 spiro atoms.